The van der Waals surface area contributed by atoms with Crippen molar-refractivity contribution in [3.05, 3.63) is 95.8 Å². The summed E-state index contributed by atoms with van der Waals surface area (Å²) in [5.74, 6) is 0.923. The predicted octanol–water partition coefficient (Wildman–Crippen LogP) is 3.09. The van der Waals surface area contributed by atoms with Crippen LogP contribution >= 0.6 is 0 Å². The molecule has 3 aromatic rings. The number of pyridine rings is 1. The lowest BCUT2D eigenvalue weighted by atomic mass is 10.1. The number of amides is 1. The lowest BCUT2D eigenvalue weighted by Crippen LogP contribution is -2.57. The van der Waals surface area contributed by atoms with Crippen molar-refractivity contribution in [3.8, 4) is 5.75 Å². The Balaban J connectivity index is 1.42. The summed E-state index contributed by atoms with van der Waals surface area (Å²) >= 11 is 0. The van der Waals surface area contributed by atoms with Crippen molar-refractivity contribution in [1.82, 2.24) is 20.1 Å². The standard InChI is InChI=1S/C26H30N4O2/c1-27-26(31)24-19-29(15-16-30(24)17-21-9-3-2-4-10-21)18-22-11-5-6-13-25(22)32-20-23-12-7-8-14-28-23/h2-14,24H,15-20H2,1H3,(H,27,31)/t24-/m1/s1. The second-order valence-electron chi connectivity index (χ2n) is 8.04. The van der Waals surface area contributed by atoms with Gasteiger partial charge >= 0.3 is 0 Å². The van der Waals surface area contributed by atoms with Crippen LogP contribution in [0.25, 0.3) is 0 Å². The van der Waals surface area contributed by atoms with E-state index in [0.29, 0.717) is 13.2 Å². The first-order chi connectivity index (χ1) is 15.7. The molecule has 2 aromatic carbocycles. The Morgan fingerprint density at radius 3 is 2.56 bits per heavy atom. The highest BCUT2D eigenvalue weighted by atomic mass is 16.5. The molecule has 1 atom stereocenters. The molecule has 6 heteroatoms. The molecule has 32 heavy (non-hydrogen) atoms. The number of piperazine rings is 1. The first-order valence-electron chi connectivity index (χ1n) is 11.1. The highest BCUT2D eigenvalue weighted by Gasteiger charge is 2.32. The minimum absolute atomic E-state index is 0.0605. The van der Waals surface area contributed by atoms with Gasteiger partial charge in [-0.15, -0.1) is 0 Å². The van der Waals surface area contributed by atoms with Crippen LogP contribution in [-0.2, 0) is 24.5 Å². The van der Waals surface area contributed by atoms with E-state index >= 15 is 0 Å². The summed E-state index contributed by atoms with van der Waals surface area (Å²) in [6.45, 7) is 4.37. The van der Waals surface area contributed by atoms with Crippen LogP contribution in [0.2, 0.25) is 0 Å². The highest BCUT2D eigenvalue weighted by molar-refractivity contribution is 5.81. The van der Waals surface area contributed by atoms with Crippen LogP contribution in [0.5, 0.6) is 5.75 Å². The van der Waals surface area contributed by atoms with Gasteiger partial charge in [0.1, 0.15) is 18.4 Å². The fourth-order valence-corrected chi connectivity index (χ4v) is 4.09. The van der Waals surface area contributed by atoms with Crippen molar-refractivity contribution in [2.75, 3.05) is 26.7 Å². The van der Waals surface area contributed by atoms with E-state index < -0.39 is 0 Å². The van der Waals surface area contributed by atoms with Gasteiger partial charge in [-0.25, -0.2) is 0 Å². The second kappa shape index (κ2) is 10.9. The van der Waals surface area contributed by atoms with Gasteiger partial charge in [-0.3, -0.25) is 19.6 Å². The van der Waals surface area contributed by atoms with Gasteiger partial charge in [-0.2, -0.15) is 0 Å². The van der Waals surface area contributed by atoms with Crippen molar-refractivity contribution < 1.29 is 9.53 Å². The summed E-state index contributed by atoms with van der Waals surface area (Å²) < 4.78 is 6.08. The van der Waals surface area contributed by atoms with E-state index in [9.17, 15) is 4.79 Å². The van der Waals surface area contributed by atoms with Gasteiger partial charge in [0.15, 0.2) is 0 Å². The third-order valence-corrected chi connectivity index (χ3v) is 5.82. The zero-order valence-electron chi connectivity index (χ0n) is 18.5. The summed E-state index contributed by atoms with van der Waals surface area (Å²) in [5, 5.41) is 2.85. The topological polar surface area (TPSA) is 57.7 Å². The lowest BCUT2D eigenvalue weighted by Gasteiger charge is -2.40. The van der Waals surface area contributed by atoms with E-state index in [0.717, 1.165) is 43.2 Å². The molecule has 0 saturated carbocycles. The van der Waals surface area contributed by atoms with Crippen LogP contribution in [0, 0.1) is 0 Å². The molecule has 0 bridgehead atoms. The Bertz CT molecular complexity index is 997. The molecule has 166 valence electrons. The van der Waals surface area contributed by atoms with E-state index in [1.165, 1.54) is 5.56 Å². The van der Waals surface area contributed by atoms with Crippen molar-refractivity contribution >= 4 is 5.91 Å². The minimum Gasteiger partial charge on any atom is -0.487 e. The molecule has 1 aliphatic rings. The fourth-order valence-electron chi connectivity index (χ4n) is 4.09. The summed E-state index contributed by atoms with van der Waals surface area (Å²) in [4.78, 5) is 21.6. The molecule has 1 amide bonds. The molecular weight excluding hydrogens is 400 g/mol. The quantitative estimate of drug-likeness (QED) is 0.595. The Morgan fingerprint density at radius 2 is 1.78 bits per heavy atom. The van der Waals surface area contributed by atoms with Crippen molar-refractivity contribution in [3.63, 3.8) is 0 Å². The van der Waals surface area contributed by atoms with Crippen LogP contribution in [0.4, 0.5) is 0 Å². The average Bonchev–Trinajstić information content (AvgIpc) is 2.85. The maximum Gasteiger partial charge on any atom is 0.238 e. The molecule has 0 aliphatic carbocycles. The maximum absolute atomic E-state index is 12.7. The molecule has 1 aromatic heterocycles. The van der Waals surface area contributed by atoms with Gasteiger partial charge in [0.25, 0.3) is 0 Å². The summed E-state index contributed by atoms with van der Waals surface area (Å²) in [7, 11) is 1.71. The van der Waals surface area contributed by atoms with Gasteiger partial charge < -0.3 is 10.1 Å². The Labute approximate surface area is 189 Å². The summed E-state index contributed by atoms with van der Waals surface area (Å²) in [6.07, 6.45) is 1.78. The molecule has 2 heterocycles. The molecular formula is C26H30N4O2. The van der Waals surface area contributed by atoms with Crippen molar-refractivity contribution in [2.45, 2.75) is 25.7 Å². The molecule has 0 spiro atoms. The SMILES string of the molecule is CNC(=O)[C@H]1CN(Cc2ccccc2OCc2ccccn2)CCN1Cc1ccccc1. The Kier molecular flexibility index (Phi) is 7.48. The molecule has 0 radical (unpaired) electrons. The van der Waals surface area contributed by atoms with E-state index in [2.05, 4.69) is 38.3 Å². The smallest absolute Gasteiger partial charge is 0.238 e. The zero-order valence-corrected chi connectivity index (χ0v) is 18.5. The number of carbonyl (C=O) groups excluding carboxylic acids is 1. The first-order valence-corrected chi connectivity index (χ1v) is 11.1. The fraction of sp³-hybridized carbons (Fsp3) is 0.308. The zero-order chi connectivity index (χ0) is 22.2. The van der Waals surface area contributed by atoms with Gasteiger partial charge in [-0.05, 0) is 23.8 Å². The van der Waals surface area contributed by atoms with Crippen molar-refractivity contribution in [2.24, 2.45) is 0 Å². The average molecular weight is 431 g/mol. The van der Waals surface area contributed by atoms with Gasteiger partial charge in [0.2, 0.25) is 5.91 Å². The molecule has 0 unspecified atom stereocenters. The number of nitrogens with one attached hydrogen (secondary N) is 1. The normalized spacial score (nSPS) is 17.1. The van der Waals surface area contributed by atoms with E-state index in [4.69, 9.17) is 4.74 Å². The van der Waals surface area contributed by atoms with E-state index in [1.54, 1.807) is 13.2 Å². The number of likely N-dealkylation sites (N-methyl/N-ethyl adjacent to an activating group) is 1. The molecule has 1 fully saturated rings. The molecule has 1 aliphatic heterocycles. The minimum atomic E-state index is -0.185. The number of aromatic nitrogens is 1. The van der Waals surface area contributed by atoms with Crippen LogP contribution in [0.15, 0.2) is 79.0 Å². The third-order valence-electron chi connectivity index (χ3n) is 5.82. The first kappa shape index (κ1) is 22.0. The van der Waals surface area contributed by atoms with Crippen molar-refractivity contribution in [1.29, 1.82) is 0 Å². The predicted molar refractivity (Wildman–Crippen MR) is 125 cm³/mol. The molecule has 4 rings (SSSR count). The number of para-hydroxylation sites is 1. The monoisotopic (exact) mass is 430 g/mol. The van der Waals surface area contributed by atoms with Crippen LogP contribution in [0.3, 0.4) is 0 Å². The van der Waals surface area contributed by atoms with Crippen LogP contribution in [-0.4, -0.2) is 53.4 Å². The Morgan fingerprint density at radius 1 is 1.00 bits per heavy atom. The molecule has 1 saturated heterocycles. The number of hydrogen-bond donors (Lipinski definition) is 1. The van der Waals surface area contributed by atoms with E-state index in [-0.39, 0.29) is 11.9 Å². The van der Waals surface area contributed by atoms with Crippen LogP contribution in [0.1, 0.15) is 16.8 Å². The lowest BCUT2D eigenvalue weighted by molar-refractivity contribution is -0.128. The number of nitrogens with zero attached hydrogens (tertiary/aromatic N) is 3. The number of carbonyl (C=O) groups is 1. The summed E-state index contributed by atoms with van der Waals surface area (Å²) in [6, 6.07) is 24.1. The van der Waals surface area contributed by atoms with Gasteiger partial charge in [0, 0.05) is 51.5 Å². The molecule has 6 nitrogen and oxygen atoms in total. The summed E-state index contributed by atoms with van der Waals surface area (Å²) in [5.41, 5.74) is 3.25. The van der Waals surface area contributed by atoms with E-state index in [1.807, 2.05) is 54.6 Å². The van der Waals surface area contributed by atoms with Crippen LogP contribution < -0.4 is 10.1 Å². The van der Waals surface area contributed by atoms with Gasteiger partial charge in [0.05, 0.1) is 5.69 Å². The highest BCUT2D eigenvalue weighted by Crippen LogP contribution is 2.23. The van der Waals surface area contributed by atoms with Gasteiger partial charge in [-0.1, -0.05) is 54.6 Å². The number of hydrogen-bond acceptors (Lipinski definition) is 5. The molecule has 1 N–H and O–H groups in total. The third kappa shape index (κ3) is 5.72. The Hall–Kier alpha value is -3.22. The number of rotatable bonds is 8. The maximum atomic E-state index is 12.7. The number of ether oxygens (including phenoxy) is 1. The second-order valence-corrected chi connectivity index (χ2v) is 8.04. The number of benzene rings is 2. The largest absolute Gasteiger partial charge is 0.487 e.